The van der Waals surface area contributed by atoms with Crippen molar-refractivity contribution in [2.24, 2.45) is 0 Å². The van der Waals surface area contributed by atoms with E-state index in [1.54, 1.807) is 20.8 Å². The molecule has 16 heavy (non-hydrogen) atoms. The zero-order valence-electron chi connectivity index (χ0n) is 9.60. The van der Waals surface area contributed by atoms with Gasteiger partial charge in [0, 0.05) is 18.5 Å². The van der Waals surface area contributed by atoms with Crippen molar-refractivity contribution in [2.45, 2.75) is 39.2 Å². The van der Waals surface area contributed by atoms with E-state index in [2.05, 4.69) is 15.9 Å². The number of ketones is 1. The Morgan fingerprint density at radius 2 is 1.81 bits per heavy atom. The molecule has 0 spiro atoms. The molecule has 0 atom stereocenters. The van der Waals surface area contributed by atoms with Crippen LogP contribution in [0.3, 0.4) is 0 Å². The van der Waals surface area contributed by atoms with Crippen molar-refractivity contribution in [1.29, 1.82) is 0 Å². The van der Waals surface area contributed by atoms with Crippen LogP contribution in [0, 0.1) is 0 Å². The molecule has 0 saturated carbocycles. The normalized spacial score (nSPS) is 11.7. The molecule has 0 saturated heterocycles. The number of hydrogen-bond donors (Lipinski definition) is 0. The summed E-state index contributed by atoms with van der Waals surface area (Å²) >= 11 is 2.98. The minimum atomic E-state index is -3.03. The third-order valence-electron chi connectivity index (χ3n) is 2.03. The molecule has 0 rings (SSSR count). The molecule has 0 aliphatic heterocycles. The summed E-state index contributed by atoms with van der Waals surface area (Å²) in [6.07, 6.45) is -2.95. The van der Waals surface area contributed by atoms with Crippen molar-refractivity contribution in [1.82, 2.24) is 4.90 Å². The van der Waals surface area contributed by atoms with Crippen LogP contribution in [0.5, 0.6) is 0 Å². The van der Waals surface area contributed by atoms with Crippen LogP contribution < -0.4 is 0 Å². The zero-order valence-corrected chi connectivity index (χ0v) is 11.2. The van der Waals surface area contributed by atoms with Crippen LogP contribution in [-0.2, 0) is 9.59 Å². The highest BCUT2D eigenvalue weighted by molar-refractivity contribution is 9.09. The first-order valence-electron chi connectivity index (χ1n) is 4.87. The number of alkyl halides is 3. The lowest BCUT2D eigenvalue weighted by Crippen LogP contribution is -2.49. The highest BCUT2D eigenvalue weighted by Gasteiger charge is 2.31. The maximum absolute atomic E-state index is 12.3. The standard InChI is InChI=1S/C10H16BrF2NO2/c1-10(2,3)14(9(16)8(12)13)5-4-7(15)6-11/h8H,4-6H2,1-3H3. The Bertz CT molecular complexity index is 264. The van der Waals surface area contributed by atoms with Crippen molar-refractivity contribution >= 4 is 27.6 Å². The first-order chi connectivity index (χ1) is 7.20. The van der Waals surface area contributed by atoms with Gasteiger partial charge in [0.05, 0.1) is 5.33 Å². The van der Waals surface area contributed by atoms with E-state index in [1.807, 2.05) is 0 Å². The lowest BCUT2D eigenvalue weighted by atomic mass is 10.1. The molecule has 6 heteroatoms. The first-order valence-corrected chi connectivity index (χ1v) is 5.99. The van der Waals surface area contributed by atoms with Crippen LogP contribution in [0.1, 0.15) is 27.2 Å². The van der Waals surface area contributed by atoms with E-state index in [0.717, 1.165) is 4.90 Å². The third kappa shape index (κ3) is 5.01. The second-order valence-corrected chi connectivity index (χ2v) is 4.94. The third-order valence-corrected chi connectivity index (χ3v) is 2.65. The molecule has 1 amide bonds. The summed E-state index contributed by atoms with van der Waals surface area (Å²) in [5, 5.41) is 0.174. The van der Waals surface area contributed by atoms with Crippen LogP contribution in [-0.4, -0.2) is 40.4 Å². The van der Waals surface area contributed by atoms with Gasteiger partial charge in [-0.2, -0.15) is 8.78 Å². The summed E-state index contributed by atoms with van der Waals surface area (Å²) in [5.74, 6) is -1.34. The van der Waals surface area contributed by atoms with Crippen LogP contribution in [0.15, 0.2) is 0 Å². The Hall–Kier alpha value is -0.520. The molecule has 3 nitrogen and oxygen atoms in total. The Balaban J connectivity index is 4.58. The Morgan fingerprint density at radius 3 is 2.12 bits per heavy atom. The van der Waals surface area contributed by atoms with Crippen molar-refractivity contribution in [3.63, 3.8) is 0 Å². The molecule has 0 unspecified atom stereocenters. The van der Waals surface area contributed by atoms with E-state index in [0.29, 0.717) is 0 Å². The zero-order chi connectivity index (χ0) is 12.9. The van der Waals surface area contributed by atoms with Crippen LogP contribution >= 0.6 is 15.9 Å². The number of nitrogens with zero attached hydrogens (tertiary/aromatic N) is 1. The number of carbonyl (C=O) groups is 2. The predicted octanol–water partition coefficient (Wildman–Crippen LogP) is 2.23. The fraction of sp³-hybridized carbons (Fsp3) is 0.800. The highest BCUT2D eigenvalue weighted by Crippen LogP contribution is 2.17. The first kappa shape index (κ1) is 15.5. The molecule has 94 valence electrons. The number of rotatable bonds is 5. The smallest absolute Gasteiger partial charge is 0.315 e. The largest absolute Gasteiger partial charge is 0.332 e. The topological polar surface area (TPSA) is 37.4 Å². The number of hydrogen-bond acceptors (Lipinski definition) is 2. The molecule has 0 radical (unpaired) electrons. The highest BCUT2D eigenvalue weighted by atomic mass is 79.9. The molecule has 0 aliphatic rings. The van der Waals surface area contributed by atoms with E-state index in [4.69, 9.17) is 0 Å². The minimum Gasteiger partial charge on any atom is -0.332 e. The van der Waals surface area contributed by atoms with E-state index < -0.39 is 17.9 Å². The molecule has 0 bridgehead atoms. The van der Waals surface area contributed by atoms with Gasteiger partial charge in [-0.25, -0.2) is 0 Å². The molecule has 0 fully saturated rings. The molecule has 0 aromatic rings. The Labute approximate surface area is 102 Å². The van der Waals surface area contributed by atoms with Gasteiger partial charge in [-0.15, -0.1) is 0 Å². The number of Topliss-reactive ketones (excluding diaryl/α,β-unsaturated/α-hetero) is 1. The fourth-order valence-electron chi connectivity index (χ4n) is 1.20. The van der Waals surface area contributed by atoms with E-state index in [-0.39, 0.29) is 24.1 Å². The summed E-state index contributed by atoms with van der Waals surface area (Å²) in [5.41, 5.74) is -0.708. The van der Waals surface area contributed by atoms with Gasteiger partial charge in [-0.3, -0.25) is 9.59 Å². The van der Waals surface area contributed by atoms with Gasteiger partial charge in [-0.1, -0.05) is 15.9 Å². The van der Waals surface area contributed by atoms with Gasteiger partial charge in [0.1, 0.15) is 5.78 Å². The second-order valence-electron chi connectivity index (χ2n) is 4.38. The molecular formula is C10H16BrF2NO2. The van der Waals surface area contributed by atoms with Crippen molar-refractivity contribution < 1.29 is 18.4 Å². The molecule has 0 aromatic heterocycles. The van der Waals surface area contributed by atoms with Crippen LogP contribution in [0.4, 0.5) is 8.78 Å². The number of amides is 1. The summed E-state index contributed by atoms with van der Waals surface area (Å²) < 4.78 is 24.7. The SMILES string of the molecule is CC(C)(C)N(CCC(=O)CBr)C(=O)C(F)F. The molecular weight excluding hydrogens is 284 g/mol. The van der Waals surface area contributed by atoms with Gasteiger partial charge < -0.3 is 4.90 Å². The Kier molecular flexibility index (Phi) is 6.07. The van der Waals surface area contributed by atoms with Crippen LogP contribution in [0.25, 0.3) is 0 Å². The fourth-order valence-corrected chi connectivity index (χ4v) is 1.48. The van der Waals surface area contributed by atoms with Gasteiger partial charge in [0.2, 0.25) is 0 Å². The quantitative estimate of drug-likeness (QED) is 0.730. The van der Waals surface area contributed by atoms with E-state index >= 15 is 0 Å². The molecule has 0 heterocycles. The molecule has 0 N–H and O–H groups in total. The number of halogens is 3. The molecule has 0 aliphatic carbocycles. The van der Waals surface area contributed by atoms with Crippen molar-refractivity contribution in [3.8, 4) is 0 Å². The monoisotopic (exact) mass is 299 g/mol. The lowest BCUT2D eigenvalue weighted by Gasteiger charge is -2.35. The van der Waals surface area contributed by atoms with Crippen LogP contribution in [0.2, 0.25) is 0 Å². The van der Waals surface area contributed by atoms with E-state index in [1.165, 1.54) is 0 Å². The molecule has 0 aromatic carbocycles. The van der Waals surface area contributed by atoms with Gasteiger partial charge >= 0.3 is 6.43 Å². The summed E-state index contributed by atoms with van der Waals surface area (Å²) in [4.78, 5) is 23.3. The average Bonchev–Trinajstić information content (AvgIpc) is 2.15. The second kappa shape index (κ2) is 6.27. The van der Waals surface area contributed by atoms with Gasteiger partial charge in [0.15, 0.2) is 0 Å². The maximum Gasteiger partial charge on any atom is 0.315 e. The summed E-state index contributed by atoms with van der Waals surface area (Å²) in [7, 11) is 0. The van der Waals surface area contributed by atoms with Crippen molar-refractivity contribution in [2.75, 3.05) is 11.9 Å². The minimum absolute atomic E-state index is 0.0249. The van der Waals surface area contributed by atoms with E-state index in [9.17, 15) is 18.4 Å². The average molecular weight is 300 g/mol. The Morgan fingerprint density at radius 1 is 1.31 bits per heavy atom. The number of carbonyl (C=O) groups excluding carboxylic acids is 2. The summed E-state index contributed by atoms with van der Waals surface area (Å²) in [6.45, 7) is 5.00. The maximum atomic E-state index is 12.3. The summed E-state index contributed by atoms with van der Waals surface area (Å²) in [6, 6.07) is 0. The predicted molar refractivity (Wildman–Crippen MR) is 60.9 cm³/mol. The van der Waals surface area contributed by atoms with Crippen molar-refractivity contribution in [3.05, 3.63) is 0 Å². The lowest BCUT2D eigenvalue weighted by molar-refractivity contribution is -0.148. The van der Waals surface area contributed by atoms with Gasteiger partial charge in [-0.05, 0) is 20.8 Å². The van der Waals surface area contributed by atoms with Gasteiger partial charge in [0.25, 0.3) is 5.91 Å².